The monoisotopic (exact) mass is 254 g/mol. The number of carbonyl (C=O) groups excluding carboxylic acids is 1. The summed E-state index contributed by atoms with van der Waals surface area (Å²) in [5.41, 5.74) is 0. The van der Waals surface area contributed by atoms with E-state index in [-0.39, 0.29) is 25.7 Å². The van der Waals surface area contributed by atoms with Gasteiger partial charge in [0.1, 0.15) is 0 Å². The molecule has 0 aromatic heterocycles. The van der Waals surface area contributed by atoms with Crippen LogP contribution in [0.1, 0.15) is 12.8 Å². The van der Waals surface area contributed by atoms with Gasteiger partial charge in [0.15, 0.2) is 0 Å². The van der Waals surface area contributed by atoms with Gasteiger partial charge in [0, 0.05) is 26.2 Å². The Morgan fingerprint density at radius 2 is 2.24 bits per heavy atom. The van der Waals surface area contributed by atoms with Crippen molar-refractivity contribution in [3.63, 3.8) is 0 Å². The van der Waals surface area contributed by atoms with Crippen molar-refractivity contribution < 1.29 is 22.7 Å². The quantitative estimate of drug-likeness (QED) is 0.788. The minimum Gasteiger partial charge on any atom is -0.383 e. The molecule has 0 spiro atoms. The highest BCUT2D eigenvalue weighted by Gasteiger charge is 2.42. The molecule has 17 heavy (non-hydrogen) atoms. The summed E-state index contributed by atoms with van der Waals surface area (Å²) in [4.78, 5) is 12.0. The van der Waals surface area contributed by atoms with Crippen molar-refractivity contribution in [2.24, 2.45) is 0 Å². The van der Waals surface area contributed by atoms with Crippen LogP contribution >= 0.6 is 0 Å². The number of ether oxygens (including phenoxy) is 1. The Hall–Kier alpha value is -0.820. The van der Waals surface area contributed by atoms with E-state index in [9.17, 15) is 18.0 Å². The molecule has 1 saturated heterocycles. The van der Waals surface area contributed by atoms with Crippen molar-refractivity contribution >= 4 is 5.91 Å². The normalized spacial score (nSPS) is 20.6. The maximum absolute atomic E-state index is 12.3. The molecule has 1 aliphatic heterocycles. The molecular weight excluding hydrogens is 237 g/mol. The lowest BCUT2D eigenvalue weighted by atomic mass is 10.2. The molecule has 0 radical (unpaired) electrons. The molecular formula is C10H17F3N2O2. The molecule has 0 aromatic rings. The van der Waals surface area contributed by atoms with Gasteiger partial charge >= 0.3 is 12.1 Å². The summed E-state index contributed by atoms with van der Waals surface area (Å²) in [5.74, 6) is -1.79. The maximum Gasteiger partial charge on any atom is 0.471 e. The standard InChI is InChI=1S/C10H17F3N2O2/c1-17-6-5-15(9(16)10(11,12)13)7-8-3-2-4-14-8/h8,14H,2-7H2,1H3. The number of halogens is 3. The van der Waals surface area contributed by atoms with Crippen molar-refractivity contribution in [2.75, 3.05) is 33.4 Å². The fourth-order valence-electron chi connectivity index (χ4n) is 1.84. The minimum atomic E-state index is -4.81. The molecule has 0 bridgehead atoms. The molecule has 1 aliphatic rings. The molecule has 1 N–H and O–H groups in total. The van der Waals surface area contributed by atoms with Gasteiger partial charge in [0.2, 0.25) is 0 Å². The lowest BCUT2D eigenvalue weighted by Gasteiger charge is -2.26. The Labute approximate surface area is 98.1 Å². The molecule has 100 valence electrons. The number of carbonyl (C=O) groups is 1. The van der Waals surface area contributed by atoms with E-state index in [1.807, 2.05) is 0 Å². The number of nitrogens with zero attached hydrogens (tertiary/aromatic N) is 1. The lowest BCUT2D eigenvalue weighted by molar-refractivity contribution is -0.186. The van der Waals surface area contributed by atoms with E-state index in [1.165, 1.54) is 7.11 Å². The number of hydrogen-bond acceptors (Lipinski definition) is 3. The van der Waals surface area contributed by atoms with Crippen LogP contribution in [0.3, 0.4) is 0 Å². The number of amides is 1. The average molecular weight is 254 g/mol. The van der Waals surface area contributed by atoms with E-state index in [2.05, 4.69) is 5.32 Å². The van der Waals surface area contributed by atoms with Gasteiger partial charge in [0.05, 0.1) is 6.61 Å². The number of hydrogen-bond donors (Lipinski definition) is 1. The third kappa shape index (κ3) is 4.51. The van der Waals surface area contributed by atoms with E-state index in [4.69, 9.17) is 4.74 Å². The van der Waals surface area contributed by atoms with E-state index < -0.39 is 12.1 Å². The zero-order chi connectivity index (χ0) is 12.9. The molecule has 1 fully saturated rings. The molecule has 4 nitrogen and oxygen atoms in total. The highest BCUT2D eigenvalue weighted by Crippen LogP contribution is 2.19. The van der Waals surface area contributed by atoms with Crippen LogP contribution in [0.15, 0.2) is 0 Å². The molecule has 1 unspecified atom stereocenters. The first-order valence-corrected chi connectivity index (χ1v) is 5.53. The summed E-state index contributed by atoms with van der Waals surface area (Å²) in [5, 5.41) is 3.07. The van der Waals surface area contributed by atoms with Crippen LogP contribution in [-0.4, -0.2) is 56.4 Å². The molecule has 1 amide bonds. The van der Waals surface area contributed by atoms with Crippen LogP contribution < -0.4 is 5.32 Å². The summed E-state index contributed by atoms with van der Waals surface area (Å²) >= 11 is 0. The number of methoxy groups -OCH3 is 1. The summed E-state index contributed by atoms with van der Waals surface area (Å²) in [6, 6.07) is -0.0434. The van der Waals surface area contributed by atoms with Crippen LogP contribution in [0, 0.1) is 0 Å². The van der Waals surface area contributed by atoms with Crippen molar-refractivity contribution in [2.45, 2.75) is 25.1 Å². The highest BCUT2D eigenvalue weighted by molar-refractivity contribution is 5.81. The summed E-state index contributed by atoms with van der Waals surface area (Å²) < 4.78 is 41.8. The van der Waals surface area contributed by atoms with Gasteiger partial charge in [-0.2, -0.15) is 13.2 Å². The minimum absolute atomic E-state index is 0.0347. The molecule has 1 rings (SSSR count). The Morgan fingerprint density at radius 3 is 2.71 bits per heavy atom. The first-order valence-electron chi connectivity index (χ1n) is 5.53. The first-order chi connectivity index (χ1) is 7.95. The van der Waals surface area contributed by atoms with Gasteiger partial charge in [-0.1, -0.05) is 0 Å². The zero-order valence-electron chi connectivity index (χ0n) is 9.72. The first kappa shape index (κ1) is 14.2. The topological polar surface area (TPSA) is 41.6 Å². The predicted molar refractivity (Wildman–Crippen MR) is 55.5 cm³/mol. The molecule has 0 aromatic carbocycles. The second-order valence-electron chi connectivity index (χ2n) is 4.04. The van der Waals surface area contributed by atoms with E-state index >= 15 is 0 Å². The van der Waals surface area contributed by atoms with Crippen LogP contribution in [0.4, 0.5) is 13.2 Å². The number of nitrogens with one attached hydrogen (secondary N) is 1. The average Bonchev–Trinajstić information content (AvgIpc) is 2.74. The van der Waals surface area contributed by atoms with Crippen LogP contribution in [0.2, 0.25) is 0 Å². The maximum atomic E-state index is 12.3. The largest absolute Gasteiger partial charge is 0.471 e. The second kappa shape index (κ2) is 6.20. The van der Waals surface area contributed by atoms with Gasteiger partial charge in [-0.3, -0.25) is 4.79 Å². The van der Waals surface area contributed by atoms with E-state index in [1.54, 1.807) is 0 Å². The van der Waals surface area contributed by atoms with Crippen LogP contribution in [0.5, 0.6) is 0 Å². The molecule has 0 saturated carbocycles. The van der Waals surface area contributed by atoms with Crippen molar-refractivity contribution in [1.82, 2.24) is 10.2 Å². The fraction of sp³-hybridized carbons (Fsp3) is 0.900. The van der Waals surface area contributed by atoms with Gasteiger partial charge in [-0.25, -0.2) is 0 Å². The van der Waals surface area contributed by atoms with Crippen LogP contribution in [-0.2, 0) is 9.53 Å². The van der Waals surface area contributed by atoms with Gasteiger partial charge in [-0.15, -0.1) is 0 Å². The molecule has 7 heteroatoms. The number of rotatable bonds is 5. The second-order valence-corrected chi connectivity index (χ2v) is 4.04. The third-order valence-electron chi connectivity index (χ3n) is 2.70. The smallest absolute Gasteiger partial charge is 0.383 e. The summed E-state index contributed by atoms with van der Waals surface area (Å²) in [6.07, 6.45) is -3.08. The van der Waals surface area contributed by atoms with Gasteiger partial charge < -0.3 is 15.0 Å². The van der Waals surface area contributed by atoms with E-state index in [0.717, 1.165) is 24.3 Å². The summed E-state index contributed by atoms with van der Waals surface area (Å²) in [6.45, 7) is 0.951. The molecule has 0 aliphatic carbocycles. The van der Waals surface area contributed by atoms with Gasteiger partial charge in [0.25, 0.3) is 0 Å². The van der Waals surface area contributed by atoms with Crippen molar-refractivity contribution in [3.8, 4) is 0 Å². The van der Waals surface area contributed by atoms with Gasteiger partial charge in [-0.05, 0) is 19.4 Å². The predicted octanol–water partition coefficient (Wildman–Crippen LogP) is 0.776. The van der Waals surface area contributed by atoms with E-state index in [0.29, 0.717) is 0 Å². The Morgan fingerprint density at radius 1 is 1.53 bits per heavy atom. The molecule has 1 atom stereocenters. The zero-order valence-corrected chi connectivity index (χ0v) is 9.72. The Bertz CT molecular complexity index is 252. The number of alkyl halides is 3. The molecule has 1 heterocycles. The van der Waals surface area contributed by atoms with Crippen molar-refractivity contribution in [1.29, 1.82) is 0 Å². The third-order valence-corrected chi connectivity index (χ3v) is 2.70. The Kier molecular flexibility index (Phi) is 5.20. The van der Waals surface area contributed by atoms with Crippen LogP contribution in [0.25, 0.3) is 0 Å². The highest BCUT2D eigenvalue weighted by atomic mass is 19.4. The fourth-order valence-corrected chi connectivity index (χ4v) is 1.84. The summed E-state index contributed by atoms with van der Waals surface area (Å²) in [7, 11) is 1.39. The lowest BCUT2D eigenvalue weighted by Crippen LogP contribution is -2.47. The Balaban J connectivity index is 2.55. The SMILES string of the molecule is COCCN(CC1CCCN1)C(=O)C(F)(F)F. The van der Waals surface area contributed by atoms with Crippen molar-refractivity contribution in [3.05, 3.63) is 0 Å².